The second kappa shape index (κ2) is 9.65. The van der Waals surface area contributed by atoms with Crippen molar-refractivity contribution in [2.75, 3.05) is 7.11 Å². The van der Waals surface area contributed by atoms with E-state index in [1.54, 1.807) is 13.2 Å². The Morgan fingerprint density at radius 1 is 1.14 bits per heavy atom. The van der Waals surface area contributed by atoms with Gasteiger partial charge in [-0.2, -0.15) is 0 Å². The molecule has 0 aliphatic heterocycles. The van der Waals surface area contributed by atoms with Crippen molar-refractivity contribution in [2.24, 2.45) is 11.8 Å². The van der Waals surface area contributed by atoms with Gasteiger partial charge in [0.2, 0.25) is 0 Å². The molecule has 3 nitrogen and oxygen atoms in total. The van der Waals surface area contributed by atoms with Crippen LogP contribution in [0.4, 0.5) is 0 Å². The van der Waals surface area contributed by atoms with Crippen molar-refractivity contribution >= 4 is 0 Å². The third-order valence-electron chi connectivity index (χ3n) is 4.03. The lowest BCUT2D eigenvalue weighted by atomic mass is 9.89. The van der Waals surface area contributed by atoms with Crippen LogP contribution in [0.1, 0.15) is 39.2 Å². The van der Waals surface area contributed by atoms with E-state index >= 15 is 0 Å². The maximum Gasteiger partial charge on any atom is 0.118 e. The summed E-state index contributed by atoms with van der Waals surface area (Å²) in [6.45, 7) is 10.7. The molecule has 22 heavy (non-hydrogen) atoms. The Kier molecular flexibility index (Phi) is 8.21. The minimum atomic E-state index is -0.524. The van der Waals surface area contributed by atoms with Crippen molar-refractivity contribution in [3.8, 4) is 5.75 Å². The summed E-state index contributed by atoms with van der Waals surface area (Å²) in [7, 11) is 1.66. The van der Waals surface area contributed by atoms with Gasteiger partial charge in [0.1, 0.15) is 5.75 Å². The number of hydrogen-bond donors (Lipinski definition) is 1. The van der Waals surface area contributed by atoms with E-state index in [-0.39, 0.29) is 12.0 Å². The van der Waals surface area contributed by atoms with Crippen LogP contribution in [0.5, 0.6) is 5.75 Å². The van der Waals surface area contributed by atoms with Gasteiger partial charge >= 0.3 is 0 Å². The van der Waals surface area contributed by atoms with Crippen molar-refractivity contribution in [3.05, 3.63) is 42.5 Å². The third-order valence-corrected chi connectivity index (χ3v) is 4.03. The van der Waals surface area contributed by atoms with Crippen LogP contribution in [-0.2, 0) is 11.3 Å². The highest BCUT2D eigenvalue weighted by atomic mass is 16.5. The molecule has 3 atom stereocenters. The Balaban J connectivity index is 2.57. The lowest BCUT2D eigenvalue weighted by Gasteiger charge is -2.27. The molecule has 3 heteroatoms. The summed E-state index contributed by atoms with van der Waals surface area (Å²) in [5.74, 6) is 1.54. The molecule has 0 radical (unpaired) electrons. The summed E-state index contributed by atoms with van der Waals surface area (Å²) in [4.78, 5) is 0. The van der Waals surface area contributed by atoms with Gasteiger partial charge in [-0.05, 0) is 37.0 Å². The Bertz CT molecular complexity index is 425. The van der Waals surface area contributed by atoms with E-state index in [1.165, 1.54) is 0 Å². The summed E-state index contributed by atoms with van der Waals surface area (Å²) in [6.07, 6.45) is 3.08. The van der Waals surface area contributed by atoms with E-state index in [4.69, 9.17) is 9.47 Å². The molecule has 1 rings (SSSR count). The van der Waals surface area contributed by atoms with E-state index in [9.17, 15) is 5.11 Å². The fraction of sp³-hybridized carbons (Fsp3) is 0.579. The maximum atomic E-state index is 10.2. The first-order chi connectivity index (χ1) is 10.5. The highest BCUT2D eigenvalue weighted by molar-refractivity contribution is 5.26. The highest BCUT2D eigenvalue weighted by Crippen LogP contribution is 2.23. The number of hydrogen-bond acceptors (Lipinski definition) is 3. The number of methoxy groups -OCH3 is 1. The summed E-state index contributed by atoms with van der Waals surface area (Å²) in [5, 5.41) is 10.2. The van der Waals surface area contributed by atoms with Gasteiger partial charge < -0.3 is 14.6 Å². The zero-order valence-electron chi connectivity index (χ0n) is 14.3. The lowest BCUT2D eigenvalue weighted by molar-refractivity contribution is -0.0265. The molecular weight excluding hydrogens is 276 g/mol. The van der Waals surface area contributed by atoms with E-state index in [1.807, 2.05) is 31.2 Å². The average molecular weight is 306 g/mol. The van der Waals surface area contributed by atoms with Crippen LogP contribution in [0.25, 0.3) is 0 Å². The molecule has 0 spiro atoms. The van der Waals surface area contributed by atoms with Crippen molar-refractivity contribution in [2.45, 2.75) is 52.4 Å². The van der Waals surface area contributed by atoms with Crippen LogP contribution >= 0.6 is 0 Å². The smallest absolute Gasteiger partial charge is 0.118 e. The van der Waals surface area contributed by atoms with Gasteiger partial charge in [0, 0.05) is 5.92 Å². The molecule has 124 valence electrons. The molecule has 0 unspecified atom stereocenters. The SMILES string of the molecule is C=C[C@@H](O)[C@@H](CCC(C)C)[C@H](C)OCc1ccc(OC)cc1. The fourth-order valence-electron chi connectivity index (χ4n) is 2.46. The van der Waals surface area contributed by atoms with Gasteiger partial charge in [-0.1, -0.05) is 38.5 Å². The molecule has 1 aromatic carbocycles. The molecule has 0 bridgehead atoms. The van der Waals surface area contributed by atoms with E-state index < -0.39 is 6.10 Å². The summed E-state index contributed by atoms with van der Waals surface area (Å²) < 4.78 is 11.1. The quantitative estimate of drug-likeness (QED) is 0.658. The number of aliphatic hydroxyl groups is 1. The zero-order valence-corrected chi connectivity index (χ0v) is 14.3. The van der Waals surface area contributed by atoms with Crippen molar-refractivity contribution in [1.29, 1.82) is 0 Å². The van der Waals surface area contributed by atoms with Crippen LogP contribution < -0.4 is 4.74 Å². The van der Waals surface area contributed by atoms with Gasteiger partial charge in [-0.3, -0.25) is 0 Å². The minimum absolute atomic E-state index is 0.0196. The van der Waals surface area contributed by atoms with Crippen LogP contribution in [0.2, 0.25) is 0 Å². The van der Waals surface area contributed by atoms with E-state index in [0.717, 1.165) is 24.2 Å². The van der Waals surface area contributed by atoms with Crippen LogP contribution in [0.3, 0.4) is 0 Å². The fourth-order valence-corrected chi connectivity index (χ4v) is 2.46. The first-order valence-corrected chi connectivity index (χ1v) is 8.03. The number of rotatable bonds is 10. The van der Waals surface area contributed by atoms with Gasteiger partial charge in [-0.15, -0.1) is 6.58 Å². The lowest BCUT2D eigenvalue weighted by Crippen LogP contribution is -2.31. The Morgan fingerprint density at radius 2 is 1.77 bits per heavy atom. The molecule has 0 aromatic heterocycles. The third kappa shape index (κ3) is 6.20. The molecule has 0 saturated carbocycles. The number of aliphatic hydroxyl groups excluding tert-OH is 1. The first-order valence-electron chi connectivity index (χ1n) is 8.03. The predicted molar refractivity (Wildman–Crippen MR) is 91.0 cm³/mol. The Hall–Kier alpha value is -1.32. The summed E-state index contributed by atoms with van der Waals surface area (Å²) in [5.41, 5.74) is 1.10. The van der Waals surface area contributed by atoms with Gasteiger partial charge in [0.05, 0.1) is 25.9 Å². The number of ether oxygens (including phenoxy) is 2. The zero-order chi connectivity index (χ0) is 16.5. The Morgan fingerprint density at radius 3 is 2.27 bits per heavy atom. The molecule has 1 aromatic rings. The maximum absolute atomic E-state index is 10.2. The highest BCUT2D eigenvalue weighted by Gasteiger charge is 2.24. The molecular formula is C19H30O3. The van der Waals surface area contributed by atoms with Crippen LogP contribution in [-0.4, -0.2) is 24.4 Å². The second-order valence-corrected chi connectivity index (χ2v) is 6.23. The second-order valence-electron chi connectivity index (χ2n) is 6.23. The molecule has 0 aliphatic carbocycles. The van der Waals surface area contributed by atoms with Crippen LogP contribution in [0.15, 0.2) is 36.9 Å². The number of benzene rings is 1. The average Bonchev–Trinajstić information content (AvgIpc) is 2.52. The summed E-state index contributed by atoms with van der Waals surface area (Å²) in [6, 6.07) is 7.85. The molecule has 0 amide bonds. The van der Waals surface area contributed by atoms with Crippen molar-refractivity contribution in [1.82, 2.24) is 0 Å². The Labute approximate surface area is 135 Å². The normalized spacial score (nSPS) is 15.4. The predicted octanol–water partition coefficient (Wildman–Crippen LogP) is 4.20. The largest absolute Gasteiger partial charge is 0.497 e. The van der Waals surface area contributed by atoms with Gasteiger partial charge in [0.25, 0.3) is 0 Å². The molecule has 0 fully saturated rings. The summed E-state index contributed by atoms with van der Waals surface area (Å²) >= 11 is 0. The van der Waals surface area contributed by atoms with Gasteiger partial charge in [-0.25, -0.2) is 0 Å². The standard InChI is InChI=1S/C19H30O3/c1-6-19(20)18(12-7-14(2)3)15(4)22-13-16-8-10-17(21-5)11-9-16/h6,8-11,14-15,18-20H,1,7,12-13H2,2-5H3/t15-,18-,19+/m0/s1. The molecule has 1 N–H and O–H groups in total. The molecule has 0 aliphatic rings. The van der Waals surface area contributed by atoms with E-state index in [0.29, 0.717) is 12.5 Å². The monoisotopic (exact) mass is 306 g/mol. The first kappa shape index (κ1) is 18.7. The van der Waals surface area contributed by atoms with Crippen molar-refractivity contribution < 1.29 is 14.6 Å². The van der Waals surface area contributed by atoms with Gasteiger partial charge in [0.15, 0.2) is 0 Å². The molecule has 0 heterocycles. The minimum Gasteiger partial charge on any atom is -0.497 e. The topological polar surface area (TPSA) is 38.7 Å². The molecule has 0 saturated heterocycles. The van der Waals surface area contributed by atoms with E-state index in [2.05, 4.69) is 20.4 Å². The van der Waals surface area contributed by atoms with Crippen LogP contribution in [0, 0.1) is 11.8 Å². The van der Waals surface area contributed by atoms with Crippen molar-refractivity contribution in [3.63, 3.8) is 0 Å².